The number of aryl methyl sites for hydroxylation is 1. The van der Waals surface area contributed by atoms with Crippen LogP contribution in [0.25, 0.3) is 5.57 Å². The Hall–Kier alpha value is -2.69. The summed E-state index contributed by atoms with van der Waals surface area (Å²) in [6.45, 7) is 5.42. The van der Waals surface area contributed by atoms with Gasteiger partial charge in [0.15, 0.2) is 0 Å². The Kier molecular flexibility index (Phi) is 5.05. The lowest BCUT2D eigenvalue weighted by Gasteiger charge is -2.22. The van der Waals surface area contributed by atoms with E-state index < -0.39 is 23.2 Å². The van der Waals surface area contributed by atoms with Crippen molar-refractivity contribution in [1.29, 1.82) is 0 Å². The van der Waals surface area contributed by atoms with Gasteiger partial charge in [-0.15, -0.1) is 0 Å². The number of rotatable bonds is 3. The first-order valence-corrected chi connectivity index (χ1v) is 8.91. The topological polar surface area (TPSA) is 46.5 Å². The minimum absolute atomic E-state index is 0.109. The summed E-state index contributed by atoms with van der Waals surface area (Å²) < 4.78 is 35.3. The van der Waals surface area contributed by atoms with Crippen LogP contribution < -0.4 is 4.74 Å². The summed E-state index contributed by atoms with van der Waals surface area (Å²) in [4.78, 5) is 11.2. The molecule has 3 rings (SSSR count). The summed E-state index contributed by atoms with van der Waals surface area (Å²) in [6, 6.07) is 7.08. The van der Waals surface area contributed by atoms with Crippen LogP contribution in [0.5, 0.6) is 5.75 Å². The van der Waals surface area contributed by atoms with Gasteiger partial charge in [-0.25, -0.2) is 13.6 Å². The Morgan fingerprint density at radius 3 is 2.37 bits per heavy atom. The summed E-state index contributed by atoms with van der Waals surface area (Å²) in [5.41, 5.74) is 1.40. The molecule has 1 N–H and O–H groups in total. The molecule has 0 aromatic heterocycles. The molecule has 1 aliphatic carbocycles. The van der Waals surface area contributed by atoms with E-state index in [9.17, 15) is 18.7 Å². The number of halogens is 2. The number of carboxylic acids is 1. The molecule has 3 nitrogen and oxygen atoms in total. The predicted octanol–water partition coefficient (Wildman–Crippen LogP) is 5.61. The Morgan fingerprint density at radius 1 is 1.11 bits per heavy atom. The lowest BCUT2D eigenvalue weighted by Crippen LogP contribution is -2.23. The second-order valence-electron chi connectivity index (χ2n) is 7.66. The highest BCUT2D eigenvalue weighted by molar-refractivity contribution is 5.90. The molecule has 0 aliphatic heterocycles. The van der Waals surface area contributed by atoms with Gasteiger partial charge < -0.3 is 9.84 Å². The van der Waals surface area contributed by atoms with Gasteiger partial charge in [0.05, 0.1) is 11.1 Å². The second-order valence-corrected chi connectivity index (χ2v) is 7.66. The average molecular weight is 372 g/mol. The first kappa shape index (κ1) is 19.1. The molecular weight excluding hydrogens is 350 g/mol. The monoisotopic (exact) mass is 372 g/mol. The molecule has 0 bridgehead atoms. The summed E-state index contributed by atoms with van der Waals surface area (Å²) in [5, 5.41) is 9.20. The smallest absolute Gasteiger partial charge is 0.335 e. The van der Waals surface area contributed by atoms with Gasteiger partial charge in [0.25, 0.3) is 0 Å². The van der Waals surface area contributed by atoms with Gasteiger partial charge in [-0.3, -0.25) is 0 Å². The van der Waals surface area contributed by atoms with Gasteiger partial charge in [-0.05, 0) is 68.9 Å². The molecule has 2 aromatic rings. The van der Waals surface area contributed by atoms with E-state index in [0.717, 1.165) is 12.0 Å². The molecule has 0 amide bonds. The van der Waals surface area contributed by atoms with Crippen molar-refractivity contribution in [1.82, 2.24) is 0 Å². The Morgan fingerprint density at radius 2 is 1.78 bits per heavy atom. The Labute approximate surface area is 157 Å². The fraction of sp³-hybridized carbons (Fsp3) is 0.318. The van der Waals surface area contributed by atoms with Crippen LogP contribution in [0.2, 0.25) is 0 Å². The number of carbonyl (C=O) groups is 1. The van der Waals surface area contributed by atoms with Crippen molar-refractivity contribution >= 4 is 11.5 Å². The van der Waals surface area contributed by atoms with Crippen molar-refractivity contribution in [2.24, 2.45) is 0 Å². The number of aromatic carboxylic acids is 1. The summed E-state index contributed by atoms with van der Waals surface area (Å²) in [7, 11) is 0. The number of fused-ring (bicyclic) bond motifs is 1. The van der Waals surface area contributed by atoms with E-state index in [0.29, 0.717) is 24.0 Å². The van der Waals surface area contributed by atoms with Crippen LogP contribution in [0.4, 0.5) is 8.78 Å². The molecule has 27 heavy (non-hydrogen) atoms. The molecule has 0 spiro atoms. The van der Waals surface area contributed by atoms with Crippen LogP contribution in [0.3, 0.4) is 0 Å². The number of hydrogen-bond acceptors (Lipinski definition) is 2. The zero-order chi connectivity index (χ0) is 19.8. The van der Waals surface area contributed by atoms with Gasteiger partial charge >= 0.3 is 5.97 Å². The molecular formula is C22H22F2O3. The maximum atomic E-state index is 14.8. The van der Waals surface area contributed by atoms with Crippen molar-refractivity contribution in [3.8, 4) is 5.75 Å². The van der Waals surface area contributed by atoms with E-state index in [2.05, 4.69) is 0 Å². The molecule has 0 saturated heterocycles. The third kappa shape index (κ3) is 4.18. The summed E-state index contributed by atoms with van der Waals surface area (Å²) in [5.74, 6) is -2.28. The Bertz CT molecular complexity index is 901. The van der Waals surface area contributed by atoms with Gasteiger partial charge in [-0.2, -0.15) is 0 Å². The van der Waals surface area contributed by atoms with Crippen LogP contribution in [-0.2, 0) is 6.42 Å². The van der Waals surface area contributed by atoms with E-state index in [4.69, 9.17) is 4.74 Å². The average Bonchev–Trinajstić information content (AvgIpc) is 2.74. The van der Waals surface area contributed by atoms with Gasteiger partial charge in [-0.1, -0.05) is 12.1 Å². The standard InChI is InChI=1S/C22H22F2O3/c1-22(2,3)27-15-11-18(23)20(19(24)12-15)17-7-5-4-6-13-10-14(21(25)26)8-9-16(13)17/h7-12H,4-6H2,1-3H3,(H,25,26). The van der Waals surface area contributed by atoms with Crippen LogP contribution >= 0.6 is 0 Å². The lowest BCUT2D eigenvalue weighted by atomic mass is 9.91. The normalized spacial score (nSPS) is 14.2. The second kappa shape index (κ2) is 7.14. The van der Waals surface area contributed by atoms with E-state index in [1.807, 2.05) is 6.08 Å². The van der Waals surface area contributed by atoms with Crippen molar-refractivity contribution in [2.75, 3.05) is 0 Å². The minimum Gasteiger partial charge on any atom is -0.488 e. The third-order valence-electron chi connectivity index (χ3n) is 4.35. The van der Waals surface area contributed by atoms with Crippen LogP contribution in [0.1, 0.15) is 60.7 Å². The molecule has 0 heterocycles. The first-order valence-electron chi connectivity index (χ1n) is 8.91. The molecule has 0 fully saturated rings. The van der Waals surface area contributed by atoms with Crippen molar-refractivity contribution in [3.63, 3.8) is 0 Å². The number of allylic oxidation sites excluding steroid dienone is 1. The van der Waals surface area contributed by atoms with E-state index in [1.165, 1.54) is 18.2 Å². The fourth-order valence-electron chi connectivity index (χ4n) is 3.30. The summed E-state index contributed by atoms with van der Waals surface area (Å²) in [6.07, 6.45) is 3.92. The van der Waals surface area contributed by atoms with Gasteiger partial charge in [0.2, 0.25) is 0 Å². The van der Waals surface area contributed by atoms with Crippen molar-refractivity contribution in [3.05, 3.63) is 70.3 Å². The lowest BCUT2D eigenvalue weighted by molar-refractivity contribution is 0.0696. The predicted molar refractivity (Wildman–Crippen MR) is 100 cm³/mol. The van der Waals surface area contributed by atoms with Crippen LogP contribution in [0.15, 0.2) is 36.4 Å². The number of hydrogen-bond donors (Lipinski definition) is 1. The number of carboxylic acid groups (broad SMARTS) is 1. The molecule has 1 aliphatic rings. The highest BCUT2D eigenvalue weighted by atomic mass is 19.1. The first-order chi connectivity index (χ1) is 12.7. The maximum Gasteiger partial charge on any atom is 0.335 e. The SMILES string of the molecule is CC(C)(C)Oc1cc(F)c(C2=CCCCc3cc(C(=O)O)ccc32)c(F)c1. The van der Waals surface area contributed by atoms with Crippen molar-refractivity contribution in [2.45, 2.75) is 45.6 Å². The quantitative estimate of drug-likeness (QED) is 0.762. The molecule has 142 valence electrons. The van der Waals surface area contributed by atoms with Crippen molar-refractivity contribution < 1.29 is 23.4 Å². The zero-order valence-corrected chi connectivity index (χ0v) is 15.6. The molecule has 0 atom stereocenters. The van der Waals surface area contributed by atoms with E-state index >= 15 is 0 Å². The van der Waals surface area contributed by atoms with Crippen LogP contribution in [0, 0.1) is 11.6 Å². The summed E-state index contributed by atoms with van der Waals surface area (Å²) >= 11 is 0. The molecule has 0 radical (unpaired) electrons. The van der Waals surface area contributed by atoms with E-state index in [1.54, 1.807) is 32.9 Å². The highest BCUT2D eigenvalue weighted by Crippen LogP contribution is 2.36. The zero-order valence-electron chi connectivity index (χ0n) is 15.6. The Balaban J connectivity index is 2.09. The highest BCUT2D eigenvalue weighted by Gasteiger charge is 2.23. The fourth-order valence-corrected chi connectivity index (χ4v) is 3.30. The van der Waals surface area contributed by atoms with E-state index in [-0.39, 0.29) is 16.9 Å². The third-order valence-corrected chi connectivity index (χ3v) is 4.35. The largest absolute Gasteiger partial charge is 0.488 e. The molecule has 0 saturated carbocycles. The van der Waals surface area contributed by atoms with Crippen LogP contribution in [-0.4, -0.2) is 16.7 Å². The number of ether oxygens (including phenoxy) is 1. The number of benzene rings is 2. The van der Waals surface area contributed by atoms with Gasteiger partial charge in [0.1, 0.15) is 23.0 Å². The molecule has 2 aromatic carbocycles. The maximum absolute atomic E-state index is 14.8. The molecule has 0 unspecified atom stereocenters. The minimum atomic E-state index is -1.02. The van der Waals surface area contributed by atoms with Gasteiger partial charge in [0, 0.05) is 12.1 Å². The molecule has 5 heteroatoms.